The van der Waals surface area contributed by atoms with Crippen molar-refractivity contribution < 1.29 is 13.5 Å². The minimum Gasteiger partial charge on any atom is -0.404 e. The number of nitro groups is 1. The van der Waals surface area contributed by atoms with Crippen molar-refractivity contribution >= 4 is 16.7 Å². The molecule has 7 heteroatoms. The Labute approximate surface area is 95.6 Å². The number of nitrogens with one attached hydrogen (secondary N) is 1. The van der Waals surface area contributed by atoms with Crippen molar-refractivity contribution in [1.82, 2.24) is 5.32 Å². The van der Waals surface area contributed by atoms with Crippen LogP contribution in [0.2, 0.25) is 0 Å². The molecule has 0 saturated heterocycles. The van der Waals surface area contributed by atoms with Crippen molar-refractivity contribution in [3.63, 3.8) is 0 Å². The van der Waals surface area contributed by atoms with Crippen LogP contribution in [0.5, 0.6) is 0 Å². The zero-order chi connectivity index (χ0) is 12.0. The molecule has 1 atom stereocenters. The summed E-state index contributed by atoms with van der Waals surface area (Å²) in [5.74, 6) is 1.48. The SMILES string of the molecule is CCS(=O)CCNCc1ccc([N+](=O)[O-])o1. The van der Waals surface area contributed by atoms with E-state index in [9.17, 15) is 14.3 Å². The van der Waals surface area contributed by atoms with Gasteiger partial charge in [-0.2, -0.15) is 0 Å². The molecule has 0 aliphatic heterocycles. The summed E-state index contributed by atoms with van der Waals surface area (Å²) in [5, 5.41) is 13.3. The van der Waals surface area contributed by atoms with Gasteiger partial charge in [-0.1, -0.05) is 6.92 Å². The van der Waals surface area contributed by atoms with E-state index in [1.807, 2.05) is 6.92 Å². The summed E-state index contributed by atoms with van der Waals surface area (Å²) in [6, 6.07) is 2.88. The normalized spacial score (nSPS) is 12.6. The van der Waals surface area contributed by atoms with Gasteiger partial charge in [-0.3, -0.25) is 14.3 Å². The maximum Gasteiger partial charge on any atom is 0.433 e. The summed E-state index contributed by atoms with van der Waals surface area (Å²) in [7, 11) is -0.788. The lowest BCUT2D eigenvalue weighted by molar-refractivity contribution is -0.402. The first-order valence-corrected chi connectivity index (χ1v) is 6.41. The summed E-state index contributed by atoms with van der Waals surface area (Å²) in [6.45, 7) is 2.88. The second-order valence-electron chi connectivity index (χ2n) is 3.11. The Morgan fingerprint density at radius 1 is 1.56 bits per heavy atom. The highest BCUT2D eigenvalue weighted by Gasteiger charge is 2.10. The van der Waals surface area contributed by atoms with E-state index in [2.05, 4.69) is 5.32 Å². The van der Waals surface area contributed by atoms with Gasteiger partial charge in [0, 0.05) is 28.9 Å². The van der Waals surface area contributed by atoms with E-state index in [-0.39, 0.29) is 5.88 Å². The number of rotatable bonds is 7. The first-order valence-electron chi connectivity index (χ1n) is 4.92. The van der Waals surface area contributed by atoms with Crippen LogP contribution in [0, 0.1) is 10.1 Å². The zero-order valence-electron chi connectivity index (χ0n) is 8.97. The maximum absolute atomic E-state index is 11.1. The fourth-order valence-electron chi connectivity index (χ4n) is 1.10. The van der Waals surface area contributed by atoms with Crippen molar-refractivity contribution in [2.24, 2.45) is 0 Å². The Morgan fingerprint density at radius 3 is 2.88 bits per heavy atom. The lowest BCUT2D eigenvalue weighted by Crippen LogP contribution is -2.20. The molecule has 0 spiro atoms. The fourth-order valence-corrected chi connectivity index (χ4v) is 1.76. The molecule has 1 rings (SSSR count). The van der Waals surface area contributed by atoms with E-state index < -0.39 is 15.7 Å². The highest BCUT2D eigenvalue weighted by molar-refractivity contribution is 7.84. The predicted molar refractivity (Wildman–Crippen MR) is 60.6 cm³/mol. The third kappa shape index (κ3) is 4.11. The van der Waals surface area contributed by atoms with Gasteiger partial charge < -0.3 is 9.73 Å². The fraction of sp³-hybridized carbons (Fsp3) is 0.556. The first kappa shape index (κ1) is 12.9. The van der Waals surface area contributed by atoms with Crippen LogP contribution in [0.1, 0.15) is 12.7 Å². The van der Waals surface area contributed by atoms with Crippen LogP contribution < -0.4 is 5.32 Å². The van der Waals surface area contributed by atoms with Crippen molar-refractivity contribution in [3.05, 3.63) is 28.0 Å². The van der Waals surface area contributed by atoms with Crippen LogP contribution in [0.25, 0.3) is 0 Å². The molecule has 0 saturated carbocycles. The largest absolute Gasteiger partial charge is 0.433 e. The minimum atomic E-state index is -0.788. The molecule has 0 aliphatic carbocycles. The third-order valence-electron chi connectivity index (χ3n) is 1.96. The Hall–Kier alpha value is -1.21. The van der Waals surface area contributed by atoms with Crippen LogP contribution in [-0.2, 0) is 17.3 Å². The van der Waals surface area contributed by atoms with E-state index in [1.165, 1.54) is 6.07 Å². The van der Waals surface area contributed by atoms with Gasteiger partial charge in [0.2, 0.25) is 0 Å². The van der Waals surface area contributed by atoms with Crippen LogP contribution in [0.3, 0.4) is 0 Å². The number of furan rings is 1. The number of hydrogen-bond donors (Lipinski definition) is 1. The predicted octanol–water partition coefficient (Wildman–Crippen LogP) is 1.05. The van der Waals surface area contributed by atoms with Gasteiger partial charge in [0.1, 0.15) is 10.7 Å². The topological polar surface area (TPSA) is 85.4 Å². The molecule has 1 N–H and O–H groups in total. The summed E-state index contributed by atoms with van der Waals surface area (Å²) in [5.41, 5.74) is 0. The highest BCUT2D eigenvalue weighted by atomic mass is 32.2. The third-order valence-corrected chi connectivity index (χ3v) is 3.26. The molecule has 90 valence electrons. The molecule has 1 unspecified atom stereocenters. The molecule has 1 aromatic heterocycles. The molecule has 0 bridgehead atoms. The van der Waals surface area contributed by atoms with E-state index >= 15 is 0 Å². The monoisotopic (exact) mass is 246 g/mol. The Kier molecular flexibility index (Phi) is 5.13. The van der Waals surface area contributed by atoms with Crippen LogP contribution in [0.15, 0.2) is 16.5 Å². The van der Waals surface area contributed by atoms with Gasteiger partial charge in [0.25, 0.3) is 0 Å². The molecule has 0 amide bonds. The average molecular weight is 246 g/mol. The maximum atomic E-state index is 11.1. The van der Waals surface area contributed by atoms with Crippen molar-refractivity contribution in [2.45, 2.75) is 13.5 Å². The Morgan fingerprint density at radius 2 is 2.31 bits per heavy atom. The second kappa shape index (κ2) is 6.39. The molecule has 6 nitrogen and oxygen atoms in total. The first-order chi connectivity index (χ1) is 7.63. The molecule has 0 aromatic carbocycles. The lowest BCUT2D eigenvalue weighted by Gasteiger charge is -2.00. The lowest BCUT2D eigenvalue weighted by atomic mass is 10.4. The highest BCUT2D eigenvalue weighted by Crippen LogP contribution is 2.14. The average Bonchev–Trinajstić information content (AvgIpc) is 2.72. The van der Waals surface area contributed by atoms with Crippen LogP contribution in [-0.4, -0.2) is 27.2 Å². The molecule has 0 fully saturated rings. The Balaban J connectivity index is 2.27. The molecule has 0 aliphatic rings. The van der Waals surface area contributed by atoms with Crippen molar-refractivity contribution in [2.75, 3.05) is 18.1 Å². The number of hydrogen-bond acceptors (Lipinski definition) is 5. The van der Waals surface area contributed by atoms with Gasteiger partial charge in [0.15, 0.2) is 0 Å². The van der Waals surface area contributed by atoms with Crippen molar-refractivity contribution in [3.8, 4) is 0 Å². The van der Waals surface area contributed by atoms with Crippen molar-refractivity contribution in [1.29, 1.82) is 0 Å². The van der Waals surface area contributed by atoms with E-state index in [1.54, 1.807) is 6.07 Å². The Bertz CT molecular complexity index is 377. The summed E-state index contributed by atoms with van der Waals surface area (Å²) in [6.07, 6.45) is 0. The van der Waals surface area contributed by atoms with Gasteiger partial charge in [0.05, 0.1) is 12.6 Å². The van der Waals surface area contributed by atoms with Gasteiger partial charge in [-0.25, -0.2) is 0 Å². The van der Waals surface area contributed by atoms with E-state index in [0.29, 0.717) is 30.4 Å². The summed E-state index contributed by atoms with van der Waals surface area (Å²) >= 11 is 0. The molecule has 0 radical (unpaired) electrons. The van der Waals surface area contributed by atoms with E-state index in [4.69, 9.17) is 4.42 Å². The zero-order valence-corrected chi connectivity index (χ0v) is 9.79. The standard InChI is InChI=1S/C9H14N2O4S/c1-2-16(14)6-5-10-7-8-3-4-9(15-8)11(12)13/h3-4,10H,2,5-7H2,1H3. The summed E-state index contributed by atoms with van der Waals surface area (Å²) < 4.78 is 16.0. The van der Waals surface area contributed by atoms with Crippen LogP contribution >= 0.6 is 0 Å². The molecule has 16 heavy (non-hydrogen) atoms. The molecule has 1 heterocycles. The number of nitrogens with zero attached hydrogens (tertiary/aromatic N) is 1. The quantitative estimate of drug-likeness (QED) is 0.441. The smallest absolute Gasteiger partial charge is 0.404 e. The minimum absolute atomic E-state index is 0.256. The van der Waals surface area contributed by atoms with Crippen LogP contribution in [0.4, 0.5) is 5.88 Å². The second-order valence-corrected chi connectivity index (χ2v) is 4.97. The molecule has 1 aromatic rings. The van der Waals surface area contributed by atoms with Gasteiger partial charge in [-0.15, -0.1) is 0 Å². The summed E-state index contributed by atoms with van der Waals surface area (Å²) in [4.78, 5) is 9.75. The van der Waals surface area contributed by atoms with Gasteiger partial charge >= 0.3 is 5.88 Å². The molecular weight excluding hydrogens is 232 g/mol. The van der Waals surface area contributed by atoms with Gasteiger partial charge in [-0.05, 0) is 6.07 Å². The van der Waals surface area contributed by atoms with E-state index in [0.717, 1.165) is 0 Å². The molecular formula is C9H14N2O4S.